The Balaban J connectivity index is 1.64. The third-order valence-electron chi connectivity index (χ3n) is 4.51. The van der Waals surface area contributed by atoms with Gasteiger partial charge in [-0.2, -0.15) is 4.99 Å². The van der Waals surface area contributed by atoms with Crippen molar-refractivity contribution in [3.63, 3.8) is 0 Å². The Morgan fingerprint density at radius 3 is 2.65 bits per heavy atom. The van der Waals surface area contributed by atoms with E-state index in [2.05, 4.69) is 25.9 Å². The standard InChI is InChI=1S/C21H24N6O4/c1-12-6-4-5-7-14(12)24-20(22)27-21-25-16(19(29)26-21)11-18(28)23-15-9-8-13(30-2)10-17(15)31-3/h4-10,16H,11H2,1-3H3,(H,23,28)(H4,22,24,25,26,27,29). The molecule has 0 saturated heterocycles. The molecule has 2 aromatic rings. The van der Waals surface area contributed by atoms with Gasteiger partial charge in [-0.25, -0.2) is 4.99 Å². The van der Waals surface area contributed by atoms with Crippen LogP contribution in [0.15, 0.2) is 52.4 Å². The Labute approximate surface area is 179 Å². The maximum atomic E-state index is 12.4. The van der Waals surface area contributed by atoms with E-state index in [4.69, 9.17) is 15.2 Å². The first-order valence-electron chi connectivity index (χ1n) is 9.47. The molecule has 0 aromatic heterocycles. The number of carbonyl (C=O) groups excluding carboxylic acids is 2. The number of methoxy groups -OCH3 is 2. The molecule has 0 spiro atoms. The molecule has 0 radical (unpaired) electrons. The SMILES string of the molecule is COc1ccc(NC(=O)CC2N=C(/N=C(\N)Nc3ccccc3C)NC2=O)c(OC)c1. The molecule has 162 valence electrons. The van der Waals surface area contributed by atoms with Crippen LogP contribution in [0.4, 0.5) is 11.4 Å². The number of amides is 2. The van der Waals surface area contributed by atoms with Gasteiger partial charge in [-0.15, -0.1) is 0 Å². The third kappa shape index (κ3) is 5.50. The van der Waals surface area contributed by atoms with E-state index in [9.17, 15) is 9.59 Å². The van der Waals surface area contributed by atoms with Crippen molar-refractivity contribution in [2.45, 2.75) is 19.4 Å². The van der Waals surface area contributed by atoms with E-state index in [0.717, 1.165) is 11.3 Å². The minimum atomic E-state index is -0.908. The number of aryl methyl sites for hydroxylation is 1. The van der Waals surface area contributed by atoms with E-state index in [-0.39, 0.29) is 18.3 Å². The molecule has 1 heterocycles. The van der Waals surface area contributed by atoms with Gasteiger partial charge in [0.15, 0.2) is 0 Å². The highest BCUT2D eigenvalue weighted by molar-refractivity contribution is 6.11. The number of benzene rings is 2. The minimum absolute atomic E-state index is 0.0448. The smallest absolute Gasteiger partial charge is 0.252 e. The van der Waals surface area contributed by atoms with Gasteiger partial charge in [-0.1, -0.05) is 18.2 Å². The summed E-state index contributed by atoms with van der Waals surface area (Å²) >= 11 is 0. The van der Waals surface area contributed by atoms with Crippen LogP contribution in [0, 0.1) is 6.92 Å². The Hall–Kier alpha value is -4.08. The summed E-state index contributed by atoms with van der Waals surface area (Å²) in [7, 11) is 3.02. The molecular formula is C21H24N6O4. The van der Waals surface area contributed by atoms with Crippen molar-refractivity contribution in [2.24, 2.45) is 15.7 Å². The highest BCUT2D eigenvalue weighted by Crippen LogP contribution is 2.29. The van der Waals surface area contributed by atoms with Crippen LogP contribution in [0.25, 0.3) is 0 Å². The van der Waals surface area contributed by atoms with Gasteiger partial charge in [-0.05, 0) is 30.7 Å². The van der Waals surface area contributed by atoms with Crippen LogP contribution in [0.5, 0.6) is 11.5 Å². The molecule has 0 aliphatic carbocycles. The van der Waals surface area contributed by atoms with Crippen LogP contribution in [-0.4, -0.2) is 44.0 Å². The van der Waals surface area contributed by atoms with Gasteiger partial charge in [0.2, 0.25) is 17.8 Å². The van der Waals surface area contributed by atoms with Crippen LogP contribution in [-0.2, 0) is 9.59 Å². The average molecular weight is 424 g/mol. The van der Waals surface area contributed by atoms with Crippen molar-refractivity contribution in [1.29, 1.82) is 0 Å². The molecule has 5 N–H and O–H groups in total. The molecule has 31 heavy (non-hydrogen) atoms. The summed E-state index contributed by atoms with van der Waals surface area (Å²) < 4.78 is 10.4. The summed E-state index contributed by atoms with van der Waals surface area (Å²) in [6, 6.07) is 11.6. The van der Waals surface area contributed by atoms with Crippen molar-refractivity contribution in [1.82, 2.24) is 5.32 Å². The monoisotopic (exact) mass is 424 g/mol. The summed E-state index contributed by atoms with van der Waals surface area (Å²) in [6.07, 6.45) is -0.162. The lowest BCUT2D eigenvalue weighted by Gasteiger charge is -2.12. The lowest BCUT2D eigenvalue weighted by atomic mass is 10.2. The molecule has 1 aliphatic heterocycles. The van der Waals surface area contributed by atoms with Crippen molar-refractivity contribution in [2.75, 3.05) is 24.9 Å². The van der Waals surface area contributed by atoms with Gasteiger partial charge in [0.1, 0.15) is 17.5 Å². The van der Waals surface area contributed by atoms with Crippen LogP contribution in [0.2, 0.25) is 0 Å². The summed E-state index contributed by atoms with van der Waals surface area (Å²) in [6.45, 7) is 1.93. The Kier molecular flexibility index (Phi) is 6.71. The first-order chi connectivity index (χ1) is 14.9. The number of guanidine groups is 2. The van der Waals surface area contributed by atoms with Gasteiger partial charge < -0.3 is 25.8 Å². The lowest BCUT2D eigenvalue weighted by Crippen LogP contribution is -2.32. The van der Waals surface area contributed by atoms with Crippen molar-refractivity contribution in [3.05, 3.63) is 48.0 Å². The highest BCUT2D eigenvalue weighted by atomic mass is 16.5. The van der Waals surface area contributed by atoms with E-state index >= 15 is 0 Å². The van der Waals surface area contributed by atoms with Gasteiger partial charge in [0.25, 0.3) is 5.91 Å². The summed E-state index contributed by atoms with van der Waals surface area (Å²) in [5.74, 6) is 0.314. The van der Waals surface area contributed by atoms with E-state index in [0.29, 0.717) is 17.2 Å². The van der Waals surface area contributed by atoms with Crippen LogP contribution in [0.1, 0.15) is 12.0 Å². The van der Waals surface area contributed by atoms with E-state index in [1.807, 2.05) is 31.2 Å². The third-order valence-corrected chi connectivity index (χ3v) is 4.51. The number of para-hydroxylation sites is 1. The zero-order chi connectivity index (χ0) is 22.4. The van der Waals surface area contributed by atoms with Crippen molar-refractivity contribution < 1.29 is 19.1 Å². The number of aliphatic imine (C=N–C) groups is 2. The second-order valence-corrected chi connectivity index (χ2v) is 6.71. The first-order valence-corrected chi connectivity index (χ1v) is 9.47. The molecule has 0 fully saturated rings. The molecule has 1 atom stereocenters. The Bertz CT molecular complexity index is 1050. The fourth-order valence-corrected chi connectivity index (χ4v) is 2.90. The molecular weight excluding hydrogens is 400 g/mol. The largest absolute Gasteiger partial charge is 0.497 e. The van der Waals surface area contributed by atoms with Crippen molar-refractivity contribution >= 4 is 35.1 Å². The maximum Gasteiger partial charge on any atom is 0.252 e. The number of anilines is 2. The maximum absolute atomic E-state index is 12.4. The predicted octanol–water partition coefficient (Wildman–Crippen LogP) is 1.62. The van der Waals surface area contributed by atoms with Gasteiger partial charge >= 0.3 is 0 Å². The summed E-state index contributed by atoms with van der Waals surface area (Å²) in [5.41, 5.74) is 8.14. The minimum Gasteiger partial charge on any atom is -0.497 e. The summed E-state index contributed by atoms with van der Waals surface area (Å²) in [4.78, 5) is 32.9. The zero-order valence-corrected chi connectivity index (χ0v) is 17.4. The van der Waals surface area contributed by atoms with E-state index in [1.54, 1.807) is 18.2 Å². The number of hydrogen-bond donors (Lipinski definition) is 4. The number of hydrogen-bond acceptors (Lipinski definition) is 6. The predicted molar refractivity (Wildman–Crippen MR) is 119 cm³/mol. The Morgan fingerprint density at radius 2 is 1.94 bits per heavy atom. The van der Waals surface area contributed by atoms with Crippen LogP contribution >= 0.6 is 0 Å². The molecule has 0 bridgehead atoms. The number of rotatable bonds is 6. The van der Waals surface area contributed by atoms with Gasteiger partial charge in [0.05, 0.1) is 26.3 Å². The van der Waals surface area contributed by atoms with Crippen LogP contribution in [0.3, 0.4) is 0 Å². The quantitative estimate of drug-likeness (QED) is 0.410. The Morgan fingerprint density at radius 1 is 1.16 bits per heavy atom. The first kappa shape index (κ1) is 21.6. The normalized spacial score (nSPS) is 15.7. The highest BCUT2D eigenvalue weighted by Gasteiger charge is 2.29. The van der Waals surface area contributed by atoms with E-state index < -0.39 is 17.9 Å². The summed E-state index contributed by atoms with van der Waals surface area (Å²) in [5, 5.41) is 8.19. The van der Waals surface area contributed by atoms with Crippen LogP contribution < -0.4 is 31.2 Å². The molecule has 0 saturated carbocycles. The van der Waals surface area contributed by atoms with Crippen molar-refractivity contribution in [3.8, 4) is 11.5 Å². The number of nitrogens with two attached hydrogens (primary N) is 1. The number of carbonyl (C=O) groups is 2. The lowest BCUT2D eigenvalue weighted by molar-refractivity contribution is -0.123. The number of ether oxygens (including phenoxy) is 2. The molecule has 2 amide bonds. The van der Waals surface area contributed by atoms with Gasteiger partial charge in [-0.3, -0.25) is 14.9 Å². The number of nitrogens with one attached hydrogen (secondary N) is 3. The topological polar surface area (TPSA) is 139 Å². The molecule has 10 heteroatoms. The molecule has 1 unspecified atom stereocenters. The molecule has 2 aromatic carbocycles. The molecule has 3 rings (SSSR count). The van der Waals surface area contributed by atoms with Gasteiger partial charge in [0, 0.05) is 11.8 Å². The fraction of sp³-hybridized carbons (Fsp3) is 0.238. The molecule has 10 nitrogen and oxygen atoms in total. The fourth-order valence-electron chi connectivity index (χ4n) is 2.90. The number of nitrogens with zero attached hydrogens (tertiary/aromatic N) is 2. The second kappa shape index (κ2) is 9.61. The molecule has 1 aliphatic rings. The average Bonchev–Trinajstić information content (AvgIpc) is 3.08. The zero-order valence-electron chi connectivity index (χ0n) is 17.4. The second-order valence-electron chi connectivity index (χ2n) is 6.71. The van der Waals surface area contributed by atoms with E-state index in [1.165, 1.54) is 14.2 Å².